The molecule has 0 rings (SSSR count). The van der Waals surface area contributed by atoms with Gasteiger partial charge in [-0.05, 0) is 6.92 Å². The molecular formula is C8H15NO4. The predicted octanol–water partition coefficient (Wildman–Crippen LogP) is -0.346. The summed E-state index contributed by atoms with van der Waals surface area (Å²) in [5, 5.41) is 0. The molecule has 1 amide bonds. The van der Waals surface area contributed by atoms with Gasteiger partial charge in [-0.2, -0.15) is 0 Å². The Balaban J connectivity index is 3.69. The van der Waals surface area contributed by atoms with Gasteiger partial charge in [0.05, 0.1) is 13.2 Å². The highest BCUT2D eigenvalue weighted by Crippen LogP contribution is 1.86. The number of amides is 1. The largest absolute Gasteiger partial charge is 0.465 e. The molecule has 0 radical (unpaired) electrons. The van der Waals surface area contributed by atoms with Crippen molar-refractivity contribution in [1.82, 2.24) is 4.90 Å². The molecule has 0 aliphatic rings. The summed E-state index contributed by atoms with van der Waals surface area (Å²) < 4.78 is 9.44. The second kappa shape index (κ2) is 7.54. The van der Waals surface area contributed by atoms with Crippen LogP contribution in [0.1, 0.15) is 6.92 Å². The number of nitrogens with zero attached hydrogens (tertiary/aromatic N) is 1. The molecule has 0 spiro atoms. The lowest BCUT2D eigenvalue weighted by atomic mass is 10.5. The first-order valence-corrected chi connectivity index (χ1v) is 4.08. The topological polar surface area (TPSA) is 55.8 Å². The summed E-state index contributed by atoms with van der Waals surface area (Å²) in [5.74, 6) is -0.397. The lowest BCUT2D eigenvalue weighted by Gasteiger charge is -2.14. The molecule has 0 aromatic carbocycles. The Kier molecular flexibility index (Phi) is 6.91. The maximum absolute atomic E-state index is 10.9. The quantitative estimate of drug-likeness (QED) is 0.406. The van der Waals surface area contributed by atoms with Gasteiger partial charge in [0.15, 0.2) is 0 Å². The van der Waals surface area contributed by atoms with E-state index < -0.39 is 5.97 Å². The van der Waals surface area contributed by atoms with Crippen LogP contribution >= 0.6 is 0 Å². The monoisotopic (exact) mass is 189 g/mol. The molecule has 0 atom stereocenters. The van der Waals surface area contributed by atoms with E-state index >= 15 is 0 Å². The number of esters is 1. The van der Waals surface area contributed by atoms with E-state index in [1.165, 1.54) is 12.0 Å². The van der Waals surface area contributed by atoms with Gasteiger partial charge in [-0.15, -0.1) is 0 Å². The Hall–Kier alpha value is -1.10. The molecule has 0 aliphatic heterocycles. The molecule has 0 saturated carbocycles. The van der Waals surface area contributed by atoms with Crippen LogP contribution in [0.15, 0.2) is 0 Å². The number of carbonyl (C=O) groups is 2. The Morgan fingerprint density at radius 3 is 2.69 bits per heavy atom. The van der Waals surface area contributed by atoms with Crippen molar-refractivity contribution >= 4 is 12.4 Å². The van der Waals surface area contributed by atoms with Crippen LogP contribution in [0, 0.1) is 0 Å². The zero-order valence-electron chi connectivity index (χ0n) is 7.99. The van der Waals surface area contributed by atoms with Crippen molar-refractivity contribution in [2.75, 3.05) is 33.4 Å². The molecule has 5 nitrogen and oxygen atoms in total. The predicted molar refractivity (Wildman–Crippen MR) is 46.1 cm³/mol. The molecule has 76 valence electrons. The molecule has 5 heteroatoms. The van der Waals surface area contributed by atoms with Crippen molar-refractivity contribution < 1.29 is 19.1 Å². The highest BCUT2D eigenvalue weighted by molar-refractivity contribution is 5.74. The summed E-state index contributed by atoms with van der Waals surface area (Å²) in [6, 6.07) is 0. The van der Waals surface area contributed by atoms with Crippen molar-refractivity contribution in [2.45, 2.75) is 6.92 Å². The summed E-state index contributed by atoms with van der Waals surface area (Å²) >= 11 is 0. The van der Waals surface area contributed by atoms with Gasteiger partial charge in [0.25, 0.3) is 0 Å². The minimum atomic E-state index is -0.397. The summed E-state index contributed by atoms with van der Waals surface area (Å²) in [7, 11) is 1.54. The number of ether oxygens (including phenoxy) is 2. The highest BCUT2D eigenvalue weighted by Gasteiger charge is 2.08. The Morgan fingerprint density at radius 1 is 1.54 bits per heavy atom. The lowest BCUT2D eigenvalue weighted by Crippen LogP contribution is -2.32. The molecule has 0 unspecified atom stereocenters. The first-order valence-electron chi connectivity index (χ1n) is 4.08. The van der Waals surface area contributed by atoms with E-state index in [0.717, 1.165) is 0 Å². The summed E-state index contributed by atoms with van der Waals surface area (Å²) in [6.07, 6.45) is 0.607. The van der Waals surface area contributed by atoms with Crippen LogP contribution in [0.5, 0.6) is 0 Å². The summed E-state index contributed by atoms with van der Waals surface area (Å²) in [4.78, 5) is 22.6. The van der Waals surface area contributed by atoms with E-state index in [1.807, 2.05) is 0 Å². The van der Waals surface area contributed by atoms with Crippen molar-refractivity contribution in [3.8, 4) is 0 Å². The van der Waals surface area contributed by atoms with Gasteiger partial charge in [0.2, 0.25) is 6.41 Å². The maximum atomic E-state index is 10.9. The molecule has 0 bridgehead atoms. The van der Waals surface area contributed by atoms with Crippen LogP contribution in [-0.2, 0) is 19.1 Å². The minimum Gasteiger partial charge on any atom is -0.465 e. The minimum absolute atomic E-state index is 0.0132. The molecule has 13 heavy (non-hydrogen) atoms. The van der Waals surface area contributed by atoms with Crippen LogP contribution in [0.25, 0.3) is 0 Å². The Morgan fingerprint density at radius 2 is 2.23 bits per heavy atom. The molecule has 0 aliphatic carbocycles. The smallest absolute Gasteiger partial charge is 0.325 e. The van der Waals surface area contributed by atoms with Crippen LogP contribution in [0.4, 0.5) is 0 Å². The maximum Gasteiger partial charge on any atom is 0.325 e. The first kappa shape index (κ1) is 11.9. The van der Waals surface area contributed by atoms with Gasteiger partial charge >= 0.3 is 5.97 Å². The fraction of sp³-hybridized carbons (Fsp3) is 0.750. The van der Waals surface area contributed by atoms with E-state index in [4.69, 9.17) is 4.74 Å². The van der Waals surface area contributed by atoms with Crippen LogP contribution in [-0.4, -0.2) is 50.7 Å². The molecular weight excluding hydrogens is 174 g/mol. The SMILES string of the molecule is CCOC(=O)CN(C=O)CCOC. The van der Waals surface area contributed by atoms with Gasteiger partial charge in [-0.1, -0.05) is 0 Å². The van der Waals surface area contributed by atoms with Gasteiger partial charge in [0.1, 0.15) is 6.54 Å². The van der Waals surface area contributed by atoms with E-state index in [0.29, 0.717) is 26.2 Å². The zero-order chi connectivity index (χ0) is 10.1. The molecule has 0 heterocycles. The van der Waals surface area contributed by atoms with Crippen molar-refractivity contribution in [3.63, 3.8) is 0 Å². The highest BCUT2D eigenvalue weighted by atomic mass is 16.5. The van der Waals surface area contributed by atoms with Crippen molar-refractivity contribution in [3.05, 3.63) is 0 Å². The third kappa shape index (κ3) is 6.10. The fourth-order valence-electron chi connectivity index (χ4n) is 0.750. The van der Waals surface area contributed by atoms with E-state index in [9.17, 15) is 9.59 Å². The second-order valence-corrected chi connectivity index (χ2v) is 2.37. The third-order valence-electron chi connectivity index (χ3n) is 1.37. The van der Waals surface area contributed by atoms with Gasteiger partial charge in [-0.25, -0.2) is 0 Å². The zero-order valence-corrected chi connectivity index (χ0v) is 7.99. The third-order valence-corrected chi connectivity index (χ3v) is 1.37. The second-order valence-electron chi connectivity index (χ2n) is 2.37. The van der Waals surface area contributed by atoms with E-state index in [1.54, 1.807) is 6.92 Å². The fourth-order valence-corrected chi connectivity index (χ4v) is 0.750. The van der Waals surface area contributed by atoms with Gasteiger partial charge in [0, 0.05) is 13.7 Å². The number of hydrogen-bond acceptors (Lipinski definition) is 4. The van der Waals surface area contributed by atoms with E-state index in [-0.39, 0.29) is 6.54 Å². The summed E-state index contributed by atoms with van der Waals surface area (Å²) in [5.41, 5.74) is 0. The summed E-state index contributed by atoms with van der Waals surface area (Å²) in [6.45, 7) is 2.85. The average Bonchev–Trinajstić information content (AvgIpc) is 2.12. The van der Waals surface area contributed by atoms with Crippen molar-refractivity contribution in [1.29, 1.82) is 0 Å². The van der Waals surface area contributed by atoms with Crippen LogP contribution < -0.4 is 0 Å². The Bertz CT molecular complexity index is 160. The molecule has 0 fully saturated rings. The molecule has 0 N–H and O–H groups in total. The number of hydrogen-bond donors (Lipinski definition) is 0. The number of methoxy groups -OCH3 is 1. The van der Waals surface area contributed by atoms with E-state index in [2.05, 4.69) is 4.74 Å². The lowest BCUT2D eigenvalue weighted by molar-refractivity contribution is -0.146. The average molecular weight is 189 g/mol. The Labute approximate surface area is 77.6 Å². The number of carbonyl (C=O) groups excluding carboxylic acids is 2. The van der Waals surface area contributed by atoms with Gasteiger partial charge < -0.3 is 14.4 Å². The standard InChI is InChI=1S/C8H15NO4/c1-3-13-8(11)6-9(7-10)4-5-12-2/h7H,3-6H2,1-2H3. The van der Waals surface area contributed by atoms with Crippen LogP contribution in [0.2, 0.25) is 0 Å². The van der Waals surface area contributed by atoms with Crippen LogP contribution in [0.3, 0.4) is 0 Å². The molecule has 0 aromatic heterocycles. The number of rotatable bonds is 7. The van der Waals surface area contributed by atoms with Gasteiger partial charge in [-0.3, -0.25) is 9.59 Å². The normalized spacial score (nSPS) is 9.38. The molecule has 0 saturated heterocycles. The van der Waals surface area contributed by atoms with Crippen molar-refractivity contribution in [2.24, 2.45) is 0 Å². The first-order chi connectivity index (χ1) is 6.24. The molecule has 0 aromatic rings.